The van der Waals surface area contributed by atoms with Crippen molar-refractivity contribution in [3.63, 3.8) is 0 Å². The third-order valence-electron chi connectivity index (χ3n) is 14.9. The van der Waals surface area contributed by atoms with Gasteiger partial charge >= 0.3 is 17.9 Å². The Morgan fingerprint density at radius 1 is 0.263 bits per heavy atom. The third kappa shape index (κ3) is 65.1. The van der Waals surface area contributed by atoms with Gasteiger partial charge in [0.05, 0.1) is 0 Å². The monoisotopic (exact) mass is 1110 g/mol. The summed E-state index contributed by atoms with van der Waals surface area (Å²) in [5, 5.41) is 0. The molecule has 80 heavy (non-hydrogen) atoms. The summed E-state index contributed by atoms with van der Waals surface area (Å²) in [6.07, 6.45) is 91.6. The van der Waals surface area contributed by atoms with Crippen LogP contribution in [0.2, 0.25) is 0 Å². The molecule has 0 aromatic heterocycles. The highest BCUT2D eigenvalue weighted by Crippen LogP contribution is 2.17. The van der Waals surface area contributed by atoms with Crippen molar-refractivity contribution in [2.45, 2.75) is 341 Å². The third-order valence-corrected chi connectivity index (χ3v) is 14.9. The Morgan fingerprint density at radius 3 is 0.762 bits per heavy atom. The zero-order chi connectivity index (χ0) is 57.8. The van der Waals surface area contributed by atoms with Crippen LogP contribution in [0.5, 0.6) is 0 Å². The number of esters is 3. The number of hydrogen-bond acceptors (Lipinski definition) is 6. The fraction of sp³-hybridized carbons (Fsp3) is 0.743. The molecule has 0 aromatic carbocycles. The van der Waals surface area contributed by atoms with Crippen molar-refractivity contribution in [2.75, 3.05) is 13.2 Å². The molecule has 0 fully saturated rings. The lowest BCUT2D eigenvalue weighted by Gasteiger charge is -2.18. The summed E-state index contributed by atoms with van der Waals surface area (Å²) in [6.45, 7) is 6.53. The number of rotatable bonds is 62. The van der Waals surface area contributed by atoms with Gasteiger partial charge in [-0.3, -0.25) is 14.4 Å². The smallest absolute Gasteiger partial charge is 0.306 e. The fourth-order valence-electron chi connectivity index (χ4n) is 9.76. The molecule has 0 aromatic rings. The van der Waals surface area contributed by atoms with Gasteiger partial charge in [-0.15, -0.1) is 0 Å². The van der Waals surface area contributed by atoms with Gasteiger partial charge in [0.25, 0.3) is 0 Å². The first-order valence-electron chi connectivity index (χ1n) is 34.2. The van der Waals surface area contributed by atoms with Crippen molar-refractivity contribution in [1.82, 2.24) is 0 Å². The Bertz CT molecular complexity index is 1560. The number of carbonyl (C=O) groups excluding carboxylic acids is 3. The molecule has 0 aliphatic heterocycles. The lowest BCUT2D eigenvalue weighted by Crippen LogP contribution is -2.30. The zero-order valence-corrected chi connectivity index (χ0v) is 52.8. The van der Waals surface area contributed by atoms with Gasteiger partial charge in [-0.05, 0) is 83.5 Å². The number of unbranched alkanes of at least 4 members (excludes halogenated alkanes) is 35. The first-order chi connectivity index (χ1) is 39.5. The van der Waals surface area contributed by atoms with E-state index in [0.717, 1.165) is 109 Å². The Kier molecular flexibility index (Phi) is 64.7. The van der Waals surface area contributed by atoms with E-state index >= 15 is 0 Å². The average molecular weight is 1110 g/mol. The minimum Gasteiger partial charge on any atom is -0.462 e. The van der Waals surface area contributed by atoms with E-state index in [4.69, 9.17) is 14.2 Å². The van der Waals surface area contributed by atoms with Gasteiger partial charge in [0, 0.05) is 19.3 Å². The highest BCUT2D eigenvalue weighted by molar-refractivity contribution is 5.71. The van der Waals surface area contributed by atoms with Gasteiger partial charge in [0.15, 0.2) is 6.10 Å². The van der Waals surface area contributed by atoms with E-state index in [-0.39, 0.29) is 31.1 Å². The lowest BCUT2D eigenvalue weighted by molar-refractivity contribution is -0.167. The Morgan fingerprint density at radius 2 is 0.487 bits per heavy atom. The van der Waals surface area contributed by atoms with Crippen LogP contribution in [0.3, 0.4) is 0 Å². The van der Waals surface area contributed by atoms with Crippen LogP contribution < -0.4 is 0 Å². The van der Waals surface area contributed by atoms with E-state index in [9.17, 15) is 14.4 Å². The predicted molar refractivity (Wildman–Crippen MR) is 348 cm³/mol. The van der Waals surface area contributed by atoms with Crippen molar-refractivity contribution in [2.24, 2.45) is 0 Å². The second-order valence-corrected chi connectivity index (χ2v) is 22.7. The zero-order valence-electron chi connectivity index (χ0n) is 52.8. The number of carbonyl (C=O) groups is 3. The Balaban J connectivity index is 4.11. The number of hydrogen-bond donors (Lipinski definition) is 0. The van der Waals surface area contributed by atoms with Crippen molar-refractivity contribution in [3.8, 4) is 0 Å². The molecule has 6 heteroatoms. The number of allylic oxidation sites excluding steroid dienone is 16. The van der Waals surface area contributed by atoms with Gasteiger partial charge in [-0.2, -0.15) is 0 Å². The van der Waals surface area contributed by atoms with Crippen LogP contribution in [0.25, 0.3) is 0 Å². The summed E-state index contributed by atoms with van der Waals surface area (Å²) < 4.78 is 16.9. The summed E-state index contributed by atoms with van der Waals surface area (Å²) in [5.74, 6) is -0.867. The van der Waals surface area contributed by atoms with E-state index in [1.165, 1.54) is 186 Å². The first kappa shape index (κ1) is 76.3. The van der Waals surface area contributed by atoms with Crippen molar-refractivity contribution >= 4 is 17.9 Å². The second kappa shape index (κ2) is 67.8. The molecule has 1 atom stereocenters. The minimum atomic E-state index is -0.774. The molecular weight excluding hydrogens is 985 g/mol. The summed E-state index contributed by atoms with van der Waals surface area (Å²) >= 11 is 0. The van der Waals surface area contributed by atoms with Crippen LogP contribution in [0.1, 0.15) is 335 Å². The second-order valence-electron chi connectivity index (χ2n) is 22.7. The Hall–Kier alpha value is -3.67. The van der Waals surface area contributed by atoms with Gasteiger partial charge in [-0.25, -0.2) is 0 Å². The molecule has 0 bridgehead atoms. The summed E-state index contributed by atoms with van der Waals surface area (Å²) in [7, 11) is 0. The Labute approximate surface area is 496 Å². The maximum absolute atomic E-state index is 12.9. The summed E-state index contributed by atoms with van der Waals surface area (Å²) in [5.41, 5.74) is 0. The lowest BCUT2D eigenvalue weighted by atomic mass is 10.0. The van der Waals surface area contributed by atoms with Crippen LogP contribution in [0, 0.1) is 0 Å². The van der Waals surface area contributed by atoms with Crippen LogP contribution in [-0.4, -0.2) is 37.2 Å². The molecule has 6 nitrogen and oxygen atoms in total. The van der Waals surface area contributed by atoms with Crippen LogP contribution >= 0.6 is 0 Å². The highest BCUT2D eigenvalue weighted by Gasteiger charge is 2.19. The van der Waals surface area contributed by atoms with Crippen molar-refractivity contribution in [1.29, 1.82) is 0 Å². The van der Waals surface area contributed by atoms with E-state index in [2.05, 4.69) is 118 Å². The molecule has 0 saturated heterocycles. The molecule has 0 N–H and O–H groups in total. The van der Waals surface area contributed by atoms with Gasteiger partial charge in [-0.1, -0.05) is 330 Å². The molecule has 0 heterocycles. The molecule has 0 aliphatic rings. The quantitative estimate of drug-likeness (QED) is 0.0261. The van der Waals surface area contributed by atoms with E-state index in [1.807, 2.05) is 0 Å². The predicted octanol–water partition coefficient (Wildman–Crippen LogP) is 23.6. The van der Waals surface area contributed by atoms with Crippen LogP contribution in [0.15, 0.2) is 97.2 Å². The molecule has 0 amide bonds. The first-order valence-corrected chi connectivity index (χ1v) is 34.2. The molecular formula is C74H128O6. The molecule has 1 unspecified atom stereocenters. The van der Waals surface area contributed by atoms with Gasteiger partial charge < -0.3 is 14.2 Å². The van der Waals surface area contributed by atoms with Crippen molar-refractivity contribution in [3.05, 3.63) is 97.2 Å². The fourth-order valence-corrected chi connectivity index (χ4v) is 9.76. The highest BCUT2D eigenvalue weighted by atomic mass is 16.6. The van der Waals surface area contributed by atoms with Crippen LogP contribution in [-0.2, 0) is 28.6 Å². The molecule has 0 aliphatic carbocycles. The molecule has 0 radical (unpaired) electrons. The molecule has 0 spiro atoms. The summed E-state index contributed by atoms with van der Waals surface area (Å²) in [6, 6.07) is 0. The van der Waals surface area contributed by atoms with E-state index < -0.39 is 6.10 Å². The van der Waals surface area contributed by atoms with Crippen LogP contribution in [0.4, 0.5) is 0 Å². The average Bonchev–Trinajstić information content (AvgIpc) is 3.46. The largest absolute Gasteiger partial charge is 0.462 e. The maximum atomic E-state index is 12.9. The van der Waals surface area contributed by atoms with Crippen molar-refractivity contribution < 1.29 is 28.6 Å². The summed E-state index contributed by atoms with van der Waals surface area (Å²) in [4.78, 5) is 38.2. The molecule has 460 valence electrons. The molecule has 0 saturated carbocycles. The SMILES string of the molecule is CC/C=C\C/C=C\C/C=C\C/C=C\C/C=C\C/C=C\C/C=C\C/C=C\CCCCCCCCCCCCC(=O)OCC(COC(=O)CCCCCCCCCC)OC(=O)CCCCCCCCCCCCCCCCCCCCC. The van der Waals surface area contributed by atoms with E-state index in [1.54, 1.807) is 0 Å². The van der Waals surface area contributed by atoms with Gasteiger partial charge in [0.2, 0.25) is 0 Å². The van der Waals surface area contributed by atoms with E-state index in [0.29, 0.717) is 19.3 Å². The number of ether oxygens (including phenoxy) is 3. The molecule has 0 rings (SSSR count). The normalized spacial score (nSPS) is 12.7. The van der Waals surface area contributed by atoms with Gasteiger partial charge in [0.1, 0.15) is 13.2 Å². The maximum Gasteiger partial charge on any atom is 0.306 e. The minimum absolute atomic E-state index is 0.0732. The standard InChI is InChI=1S/C74H128O6/c1-4-7-10-13-16-19-21-23-25-27-29-30-31-32-33-34-35-36-37-38-39-40-41-42-43-44-46-47-49-51-53-55-58-61-64-67-73(76)79-70-71(69-78-72(75)66-63-60-57-18-15-12-9-6-3)80-74(77)68-65-62-59-56-54-52-50-48-45-28-26-24-22-20-17-14-11-8-5-2/h7,10,16,19,23,25,29-30,32-33,35-36,38-39,41-42,71H,4-6,8-9,11-15,17-18,20-22,24,26-28,31,34,37,40,43-70H2,1-3H3/b10-7-,19-16-,25-23-,30-29-,33-32-,36-35-,39-38-,42-41-. The topological polar surface area (TPSA) is 78.9 Å².